The van der Waals surface area contributed by atoms with Crippen LogP contribution < -0.4 is 5.32 Å². The molecule has 0 unspecified atom stereocenters. The highest BCUT2D eigenvalue weighted by Crippen LogP contribution is 2.32. The van der Waals surface area contributed by atoms with Gasteiger partial charge < -0.3 is 5.32 Å². The number of imide groups is 1. The Kier molecular flexibility index (Phi) is 4.45. The van der Waals surface area contributed by atoms with Gasteiger partial charge in [-0.1, -0.05) is 35.9 Å². The molecule has 0 saturated heterocycles. The number of nitrogens with zero attached hydrogens (tertiary/aromatic N) is 1. The first-order chi connectivity index (χ1) is 11.9. The molecule has 0 saturated carbocycles. The zero-order valence-electron chi connectivity index (χ0n) is 15.0. The van der Waals surface area contributed by atoms with E-state index in [0.717, 1.165) is 27.9 Å². The van der Waals surface area contributed by atoms with E-state index in [0.29, 0.717) is 17.8 Å². The van der Waals surface area contributed by atoms with Gasteiger partial charge >= 0.3 is 0 Å². The molecule has 2 amide bonds. The van der Waals surface area contributed by atoms with Gasteiger partial charge in [0.05, 0.1) is 5.57 Å². The van der Waals surface area contributed by atoms with Crippen molar-refractivity contribution >= 4 is 23.1 Å². The first kappa shape index (κ1) is 17.0. The molecule has 1 aliphatic heterocycles. The van der Waals surface area contributed by atoms with E-state index in [9.17, 15) is 9.59 Å². The highest BCUT2D eigenvalue weighted by atomic mass is 16.2. The first-order valence-corrected chi connectivity index (χ1v) is 8.44. The molecule has 0 spiro atoms. The van der Waals surface area contributed by atoms with Gasteiger partial charge in [-0.25, -0.2) is 0 Å². The lowest BCUT2D eigenvalue weighted by Crippen LogP contribution is -2.32. The van der Waals surface area contributed by atoms with Crippen LogP contribution in [0.3, 0.4) is 0 Å². The standard InChI is InChI=1S/C21H22N2O2/c1-5-23-20(24)18(17-10-9-14(3)11-15(17)4)19(21(23)25)22-16-8-6-7-13(2)12-16/h6-12,22H,5H2,1-4H3. The molecule has 0 radical (unpaired) electrons. The van der Waals surface area contributed by atoms with Crippen LogP contribution >= 0.6 is 0 Å². The largest absolute Gasteiger partial charge is 0.350 e. The molecular formula is C21H22N2O2. The molecule has 0 aromatic heterocycles. The monoisotopic (exact) mass is 334 g/mol. The lowest BCUT2D eigenvalue weighted by atomic mass is 9.97. The van der Waals surface area contributed by atoms with Crippen LogP contribution in [0.15, 0.2) is 48.2 Å². The summed E-state index contributed by atoms with van der Waals surface area (Å²) in [6, 6.07) is 13.7. The van der Waals surface area contributed by atoms with Gasteiger partial charge in [0.2, 0.25) is 0 Å². The highest BCUT2D eigenvalue weighted by molar-refractivity contribution is 6.36. The molecule has 1 N–H and O–H groups in total. The van der Waals surface area contributed by atoms with E-state index >= 15 is 0 Å². The van der Waals surface area contributed by atoms with Crippen LogP contribution in [0.1, 0.15) is 29.2 Å². The molecule has 0 fully saturated rings. The number of hydrogen-bond acceptors (Lipinski definition) is 3. The molecule has 4 nitrogen and oxygen atoms in total. The van der Waals surface area contributed by atoms with Crippen molar-refractivity contribution in [1.82, 2.24) is 4.90 Å². The quantitative estimate of drug-likeness (QED) is 0.865. The summed E-state index contributed by atoms with van der Waals surface area (Å²) >= 11 is 0. The third-order valence-corrected chi connectivity index (χ3v) is 4.42. The molecule has 25 heavy (non-hydrogen) atoms. The Morgan fingerprint density at radius 3 is 2.28 bits per heavy atom. The van der Waals surface area contributed by atoms with Crippen molar-refractivity contribution in [3.8, 4) is 0 Å². The maximum atomic E-state index is 12.9. The van der Waals surface area contributed by atoms with Crippen molar-refractivity contribution in [2.45, 2.75) is 27.7 Å². The summed E-state index contributed by atoms with van der Waals surface area (Å²) in [7, 11) is 0. The average Bonchev–Trinajstić information content (AvgIpc) is 2.78. The Labute approximate surface area is 148 Å². The maximum absolute atomic E-state index is 12.9. The number of carbonyl (C=O) groups excluding carboxylic acids is 2. The lowest BCUT2D eigenvalue weighted by molar-refractivity contribution is -0.136. The molecule has 0 aliphatic carbocycles. The van der Waals surface area contributed by atoms with Gasteiger partial charge in [-0.05, 0) is 56.5 Å². The van der Waals surface area contributed by atoms with Crippen molar-refractivity contribution in [2.75, 3.05) is 11.9 Å². The topological polar surface area (TPSA) is 49.4 Å². The molecule has 2 aromatic rings. The smallest absolute Gasteiger partial charge is 0.278 e. The van der Waals surface area contributed by atoms with Gasteiger partial charge in [0.1, 0.15) is 5.70 Å². The van der Waals surface area contributed by atoms with Crippen LogP contribution in [0.2, 0.25) is 0 Å². The fourth-order valence-electron chi connectivity index (χ4n) is 3.19. The van der Waals surface area contributed by atoms with E-state index in [1.807, 2.05) is 70.2 Å². The number of nitrogens with one attached hydrogen (secondary N) is 1. The Balaban J connectivity index is 2.14. The number of amides is 2. The Bertz CT molecular complexity index is 897. The van der Waals surface area contributed by atoms with E-state index < -0.39 is 0 Å². The first-order valence-electron chi connectivity index (χ1n) is 8.44. The lowest BCUT2D eigenvalue weighted by Gasteiger charge is -2.12. The number of rotatable bonds is 4. The minimum Gasteiger partial charge on any atom is -0.350 e. The summed E-state index contributed by atoms with van der Waals surface area (Å²) in [6.45, 7) is 8.13. The van der Waals surface area contributed by atoms with E-state index in [1.165, 1.54) is 4.90 Å². The second-order valence-corrected chi connectivity index (χ2v) is 6.42. The molecule has 4 heteroatoms. The third-order valence-electron chi connectivity index (χ3n) is 4.42. The zero-order chi connectivity index (χ0) is 18.1. The molecular weight excluding hydrogens is 312 g/mol. The fraction of sp³-hybridized carbons (Fsp3) is 0.238. The SMILES string of the molecule is CCN1C(=O)C(Nc2cccc(C)c2)=C(c2ccc(C)cc2C)C1=O. The number of likely N-dealkylation sites (N-methyl/N-ethyl adjacent to an activating group) is 1. The number of anilines is 1. The third kappa shape index (κ3) is 3.07. The van der Waals surface area contributed by atoms with Gasteiger partial charge in [-0.2, -0.15) is 0 Å². The number of carbonyl (C=O) groups is 2. The second-order valence-electron chi connectivity index (χ2n) is 6.42. The zero-order valence-corrected chi connectivity index (χ0v) is 15.0. The van der Waals surface area contributed by atoms with Crippen LogP contribution in [0.5, 0.6) is 0 Å². The van der Waals surface area contributed by atoms with Crippen molar-refractivity contribution in [2.24, 2.45) is 0 Å². The Hall–Kier alpha value is -2.88. The van der Waals surface area contributed by atoms with Gasteiger partial charge in [0.25, 0.3) is 11.8 Å². The van der Waals surface area contributed by atoms with Crippen molar-refractivity contribution in [3.05, 3.63) is 70.4 Å². The predicted molar refractivity (Wildman–Crippen MR) is 100 cm³/mol. The Morgan fingerprint density at radius 2 is 1.64 bits per heavy atom. The van der Waals surface area contributed by atoms with Crippen LogP contribution in [0.4, 0.5) is 5.69 Å². The van der Waals surface area contributed by atoms with Crippen LogP contribution in [0, 0.1) is 20.8 Å². The molecule has 1 heterocycles. The van der Waals surface area contributed by atoms with E-state index in [4.69, 9.17) is 0 Å². The van der Waals surface area contributed by atoms with Gasteiger partial charge in [0.15, 0.2) is 0 Å². The summed E-state index contributed by atoms with van der Waals surface area (Å²) in [5.41, 5.74) is 5.60. The van der Waals surface area contributed by atoms with Crippen LogP contribution in [0.25, 0.3) is 5.57 Å². The fourth-order valence-corrected chi connectivity index (χ4v) is 3.19. The number of hydrogen-bond donors (Lipinski definition) is 1. The number of benzene rings is 2. The van der Waals surface area contributed by atoms with Crippen LogP contribution in [-0.2, 0) is 9.59 Å². The van der Waals surface area contributed by atoms with E-state index in [1.54, 1.807) is 0 Å². The van der Waals surface area contributed by atoms with Gasteiger partial charge in [0, 0.05) is 12.2 Å². The Morgan fingerprint density at radius 1 is 0.920 bits per heavy atom. The van der Waals surface area contributed by atoms with Crippen molar-refractivity contribution < 1.29 is 9.59 Å². The highest BCUT2D eigenvalue weighted by Gasteiger charge is 2.38. The second kappa shape index (κ2) is 6.55. The summed E-state index contributed by atoms with van der Waals surface area (Å²) in [6.07, 6.45) is 0. The molecule has 0 bridgehead atoms. The molecule has 3 rings (SSSR count). The predicted octanol–water partition coefficient (Wildman–Crippen LogP) is 3.82. The van der Waals surface area contributed by atoms with Crippen molar-refractivity contribution in [1.29, 1.82) is 0 Å². The van der Waals surface area contributed by atoms with Crippen molar-refractivity contribution in [3.63, 3.8) is 0 Å². The minimum atomic E-state index is -0.274. The molecule has 2 aromatic carbocycles. The van der Waals surface area contributed by atoms with E-state index in [2.05, 4.69) is 5.32 Å². The van der Waals surface area contributed by atoms with E-state index in [-0.39, 0.29) is 11.8 Å². The molecule has 128 valence electrons. The van der Waals surface area contributed by atoms with Gasteiger partial charge in [-0.15, -0.1) is 0 Å². The molecule has 1 aliphatic rings. The maximum Gasteiger partial charge on any atom is 0.278 e. The van der Waals surface area contributed by atoms with Crippen LogP contribution in [-0.4, -0.2) is 23.3 Å². The molecule has 0 atom stereocenters. The minimum absolute atomic E-state index is 0.241. The van der Waals surface area contributed by atoms with Gasteiger partial charge in [-0.3, -0.25) is 14.5 Å². The summed E-state index contributed by atoms with van der Waals surface area (Å²) < 4.78 is 0. The summed E-state index contributed by atoms with van der Waals surface area (Å²) in [5, 5.41) is 3.18. The average molecular weight is 334 g/mol. The summed E-state index contributed by atoms with van der Waals surface area (Å²) in [5.74, 6) is -0.515. The number of aryl methyl sites for hydroxylation is 3. The summed E-state index contributed by atoms with van der Waals surface area (Å²) in [4.78, 5) is 26.9. The normalized spacial score (nSPS) is 14.5.